The average Bonchev–Trinajstić information content (AvgIpc) is 2.76. The van der Waals surface area contributed by atoms with E-state index in [-0.39, 0.29) is 6.42 Å². The maximum Gasteiger partial charge on any atom is 0.191 e. The highest BCUT2D eigenvalue weighted by Crippen LogP contribution is 2.40. The van der Waals surface area contributed by atoms with Crippen molar-refractivity contribution in [1.29, 1.82) is 0 Å². The predicted molar refractivity (Wildman–Crippen MR) is 66.0 cm³/mol. The van der Waals surface area contributed by atoms with Crippen molar-refractivity contribution in [2.45, 2.75) is 35.3 Å². The second-order valence-electron chi connectivity index (χ2n) is 4.07. The van der Waals surface area contributed by atoms with Crippen LogP contribution in [-0.4, -0.2) is 32.0 Å². The summed E-state index contributed by atoms with van der Waals surface area (Å²) in [6, 6.07) is 1.70. The van der Waals surface area contributed by atoms with Crippen LogP contribution < -0.4 is 0 Å². The van der Waals surface area contributed by atoms with Crippen LogP contribution >= 0.6 is 11.3 Å². The number of aliphatic hydroxyl groups excluding tert-OH is 1. The Morgan fingerprint density at radius 1 is 1.59 bits per heavy atom. The smallest absolute Gasteiger partial charge is 0.191 e. The molecule has 0 aliphatic carbocycles. The van der Waals surface area contributed by atoms with Crippen LogP contribution in [0.3, 0.4) is 0 Å². The molecule has 1 N–H and O–H groups in total. The monoisotopic (exact) mass is 276 g/mol. The molecule has 1 aliphatic heterocycles. The zero-order chi connectivity index (χ0) is 12.5. The van der Waals surface area contributed by atoms with E-state index in [0.717, 1.165) is 0 Å². The lowest BCUT2D eigenvalue weighted by Gasteiger charge is -2.26. The third-order valence-corrected chi connectivity index (χ3v) is 6.75. The molecule has 0 bridgehead atoms. The summed E-state index contributed by atoms with van der Waals surface area (Å²) in [5, 5.41) is 11.1. The summed E-state index contributed by atoms with van der Waals surface area (Å²) in [5.41, 5.74) is 0.558. The van der Waals surface area contributed by atoms with Gasteiger partial charge in [0.2, 0.25) is 0 Å². The van der Waals surface area contributed by atoms with E-state index in [9.17, 15) is 13.5 Å². The second-order valence-corrected chi connectivity index (χ2v) is 7.41. The van der Waals surface area contributed by atoms with Crippen molar-refractivity contribution in [3.8, 4) is 0 Å². The van der Waals surface area contributed by atoms with E-state index in [0.29, 0.717) is 29.4 Å². The minimum atomic E-state index is -3.27. The standard InChI is InChI=1S/C11H16O4S2/c1-2-15-5-3-8-7-10(12)9-4-6-16-11(9)17(8,13)14/h4,6,8,10,12H,2-3,5,7H2,1H3. The molecule has 2 rings (SSSR count). The van der Waals surface area contributed by atoms with E-state index >= 15 is 0 Å². The van der Waals surface area contributed by atoms with Crippen LogP contribution in [-0.2, 0) is 14.6 Å². The summed E-state index contributed by atoms with van der Waals surface area (Å²) in [5.74, 6) is 0. The summed E-state index contributed by atoms with van der Waals surface area (Å²) in [6.07, 6.45) is 0.0652. The molecule has 0 radical (unpaired) electrons. The number of rotatable bonds is 4. The third-order valence-electron chi connectivity index (χ3n) is 2.99. The van der Waals surface area contributed by atoms with Gasteiger partial charge in [0, 0.05) is 18.8 Å². The number of aliphatic hydroxyl groups is 1. The molecule has 2 atom stereocenters. The molecule has 0 saturated heterocycles. The zero-order valence-electron chi connectivity index (χ0n) is 9.63. The maximum atomic E-state index is 12.2. The Balaban J connectivity index is 2.22. The van der Waals surface area contributed by atoms with Crippen molar-refractivity contribution in [1.82, 2.24) is 0 Å². The molecule has 4 nitrogen and oxygen atoms in total. The van der Waals surface area contributed by atoms with E-state index in [1.54, 1.807) is 11.4 Å². The van der Waals surface area contributed by atoms with E-state index in [4.69, 9.17) is 4.74 Å². The van der Waals surface area contributed by atoms with Crippen molar-refractivity contribution in [3.05, 3.63) is 17.0 Å². The van der Waals surface area contributed by atoms with Gasteiger partial charge in [0.05, 0.1) is 11.4 Å². The van der Waals surface area contributed by atoms with Crippen molar-refractivity contribution >= 4 is 21.2 Å². The molecule has 17 heavy (non-hydrogen) atoms. The number of sulfone groups is 1. The maximum absolute atomic E-state index is 12.2. The first-order valence-corrected chi connectivity index (χ1v) is 8.07. The Morgan fingerprint density at radius 3 is 3.06 bits per heavy atom. The number of fused-ring (bicyclic) bond motifs is 1. The third kappa shape index (κ3) is 2.40. The highest BCUT2D eigenvalue weighted by Gasteiger charge is 2.38. The van der Waals surface area contributed by atoms with Crippen molar-refractivity contribution in [3.63, 3.8) is 0 Å². The average molecular weight is 276 g/mol. The first-order chi connectivity index (χ1) is 8.07. The lowest BCUT2D eigenvalue weighted by molar-refractivity contribution is 0.128. The lowest BCUT2D eigenvalue weighted by atomic mass is 10.1. The van der Waals surface area contributed by atoms with Gasteiger partial charge in [-0.3, -0.25) is 0 Å². The van der Waals surface area contributed by atoms with Crippen LogP contribution in [0, 0.1) is 0 Å². The van der Waals surface area contributed by atoms with Gasteiger partial charge in [0.1, 0.15) is 4.21 Å². The van der Waals surface area contributed by atoms with Gasteiger partial charge in [-0.25, -0.2) is 8.42 Å². The first-order valence-electron chi connectivity index (χ1n) is 5.64. The van der Waals surface area contributed by atoms with Crippen LogP contribution in [0.25, 0.3) is 0 Å². The predicted octanol–water partition coefficient (Wildman–Crippen LogP) is 1.75. The van der Waals surface area contributed by atoms with Gasteiger partial charge < -0.3 is 9.84 Å². The molecule has 2 heterocycles. The van der Waals surface area contributed by atoms with Crippen LogP contribution in [0.1, 0.15) is 31.4 Å². The minimum Gasteiger partial charge on any atom is -0.388 e. The molecule has 0 amide bonds. The molecule has 0 spiro atoms. The van der Waals surface area contributed by atoms with E-state index in [1.165, 1.54) is 11.3 Å². The molecule has 6 heteroatoms. The number of thiophene rings is 1. The molecule has 1 aromatic heterocycles. The van der Waals surface area contributed by atoms with Crippen molar-refractivity contribution in [2.75, 3.05) is 13.2 Å². The number of hydrogen-bond acceptors (Lipinski definition) is 5. The minimum absolute atomic E-state index is 0.277. The Hall–Kier alpha value is -0.430. The molecular weight excluding hydrogens is 260 g/mol. The molecular formula is C11H16O4S2. The molecule has 0 fully saturated rings. The zero-order valence-corrected chi connectivity index (χ0v) is 11.3. The van der Waals surface area contributed by atoms with Gasteiger partial charge in [0.25, 0.3) is 0 Å². The summed E-state index contributed by atoms with van der Waals surface area (Å²) in [4.78, 5) is 0. The summed E-state index contributed by atoms with van der Waals surface area (Å²) >= 11 is 1.19. The molecule has 1 aromatic rings. The van der Waals surface area contributed by atoms with E-state index in [2.05, 4.69) is 0 Å². The Morgan fingerprint density at radius 2 is 2.35 bits per heavy atom. The normalized spacial score (nSPS) is 26.7. The van der Waals surface area contributed by atoms with Crippen molar-refractivity contribution in [2.24, 2.45) is 0 Å². The molecule has 1 aliphatic rings. The lowest BCUT2D eigenvalue weighted by Crippen LogP contribution is -2.30. The van der Waals surface area contributed by atoms with E-state index < -0.39 is 21.2 Å². The van der Waals surface area contributed by atoms with Gasteiger partial charge in [-0.15, -0.1) is 11.3 Å². The summed E-state index contributed by atoms with van der Waals surface area (Å²) in [7, 11) is -3.27. The second kappa shape index (κ2) is 5.06. The van der Waals surface area contributed by atoms with Gasteiger partial charge in [0.15, 0.2) is 9.84 Å². The Kier molecular flexibility index (Phi) is 3.87. The fourth-order valence-corrected chi connectivity index (χ4v) is 5.54. The summed E-state index contributed by atoms with van der Waals surface area (Å²) in [6.45, 7) is 2.88. The molecule has 0 aromatic carbocycles. The highest BCUT2D eigenvalue weighted by molar-refractivity contribution is 7.94. The Labute approximate surface area is 105 Å². The largest absolute Gasteiger partial charge is 0.388 e. The topological polar surface area (TPSA) is 63.6 Å². The van der Waals surface area contributed by atoms with Gasteiger partial charge >= 0.3 is 0 Å². The van der Waals surface area contributed by atoms with Gasteiger partial charge in [-0.2, -0.15) is 0 Å². The van der Waals surface area contributed by atoms with Gasteiger partial charge in [-0.1, -0.05) is 0 Å². The van der Waals surface area contributed by atoms with Crippen LogP contribution in [0.4, 0.5) is 0 Å². The van der Waals surface area contributed by atoms with Gasteiger partial charge in [-0.05, 0) is 31.2 Å². The molecule has 2 unspecified atom stereocenters. The molecule has 0 saturated carbocycles. The molecule has 96 valence electrons. The number of hydrogen-bond donors (Lipinski definition) is 1. The highest BCUT2D eigenvalue weighted by atomic mass is 32.2. The fraction of sp³-hybridized carbons (Fsp3) is 0.636. The summed E-state index contributed by atoms with van der Waals surface area (Å²) < 4.78 is 30.0. The van der Waals surface area contributed by atoms with Crippen LogP contribution in [0.2, 0.25) is 0 Å². The fourth-order valence-electron chi connectivity index (χ4n) is 2.07. The first kappa shape index (κ1) is 13.0. The van der Waals surface area contributed by atoms with Crippen molar-refractivity contribution < 1.29 is 18.3 Å². The van der Waals surface area contributed by atoms with E-state index in [1.807, 2.05) is 6.92 Å². The quantitative estimate of drug-likeness (QED) is 0.851. The van der Waals surface area contributed by atoms with Crippen LogP contribution in [0.15, 0.2) is 15.7 Å². The SMILES string of the molecule is CCOCCC1CC(O)c2ccsc2S1(=O)=O. The Bertz CT molecular complexity index is 477. The number of ether oxygens (including phenoxy) is 1. The van der Waals surface area contributed by atoms with Crippen LogP contribution in [0.5, 0.6) is 0 Å².